The molecule has 3 rings (SSSR count). The predicted octanol–water partition coefficient (Wildman–Crippen LogP) is 5.13. The lowest BCUT2D eigenvalue weighted by Gasteiger charge is -2.20. The van der Waals surface area contributed by atoms with E-state index in [1.807, 2.05) is 36.1 Å². The number of nitrogens with one attached hydrogen (secondary N) is 1. The van der Waals surface area contributed by atoms with Crippen molar-refractivity contribution in [1.29, 1.82) is 0 Å². The number of benzene rings is 1. The maximum Gasteiger partial charge on any atom is 0.238 e. The molecule has 0 aliphatic heterocycles. The molecule has 0 atom stereocenters. The minimum absolute atomic E-state index is 0.127. The Balaban J connectivity index is 1.71. The van der Waals surface area contributed by atoms with Crippen LogP contribution in [-0.4, -0.2) is 17.4 Å². The maximum absolute atomic E-state index is 12.6. The summed E-state index contributed by atoms with van der Waals surface area (Å²) in [4.78, 5) is 14.5. The summed E-state index contributed by atoms with van der Waals surface area (Å²) in [5.74, 6) is 1.30. The minimum atomic E-state index is -0.225. The number of carbonyl (C=O) groups is 1. The highest BCUT2D eigenvalue weighted by molar-refractivity contribution is 6.40. The second-order valence-corrected chi connectivity index (χ2v) is 6.69. The van der Waals surface area contributed by atoms with E-state index in [2.05, 4.69) is 5.32 Å². The second kappa shape index (κ2) is 8.45. The van der Waals surface area contributed by atoms with Gasteiger partial charge in [0.25, 0.3) is 0 Å². The Labute approximate surface area is 161 Å². The predicted molar refractivity (Wildman–Crippen MR) is 101 cm³/mol. The molecule has 0 bridgehead atoms. The average Bonchev–Trinajstić information content (AvgIpc) is 3.29. The molecule has 7 heteroatoms. The molecular weight excluding hydrogens is 375 g/mol. The zero-order chi connectivity index (χ0) is 18.5. The van der Waals surface area contributed by atoms with Crippen LogP contribution in [0.5, 0.6) is 0 Å². The van der Waals surface area contributed by atoms with Gasteiger partial charge in [-0.15, -0.1) is 0 Å². The van der Waals surface area contributed by atoms with E-state index in [4.69, 9.17) is 32.0 Å². The molecule has 5 nitrogen and oxygen atoms in total. The summed E-state index contributed by atoms with van der Waals surface area (Å²) in [5.41, 5.74) is 1.27. The smallest absolute Gasteiger partial charge is 0.238 e. The molecule has 1 aromatic carbocycles. The van der Waals surface area contributed by atoms with Crippen LogP contribution in [0, 0.1) is 6.92 Å². The molecule has 136 valence electrons. The van der Waals surface area contributed by atoms with Crippen LogP contribution in [0.3, 0.4) is 0 Å². The number of halogens is 2. The summed E-state index contributed by atoms with van der Waals surface area (Å²) in [7, 11) is 0. The number of hydrogen-bond donors (Lipinski definition) is 1. The fourth-order valence-corrected chi connectivity index (χ4v) is 3.03. The Bertz CT molecular complexity index is 825. The number of nitrogens with zero attached hydrogens (tertiary/aromatic N) is 1. The van der Waals surface area contributed by atoms with Crippen molar-refractivity contribution >= 4 is 34.8 Å². The standard InChI is InChI=1S/C19H18Cl2N2O3/c1-13-6-7-16(20)19(18(13)21)22-17(24)12-23(10-14-4-2-8-25-14)11-15-5-3-9-26-15/h2-9H,10-12H2,1H3,(H,22,24). The van der Waals surface area contributed by atoms with E-state index < -0.39 is 0 Å². The molecular formula is C19H18Cl2N2O3. The zero-order valence-corrected chi connectivity index (χ0v) is 15.7. The molecule has 2 aromatic heterocycles. The van der Waals surface area contributed by atoms with Gasteiger partial charge in [-0.1, -0.05) is 29.3 Å². The number of amides is 1. The van der Waals surface area contributed by atoms with Crippen LogP contribution in [-0.2, 0) is 17.9 Å². The van der Waals surface area contributed by atoms with Crippen molar-refractivity contribution in [3.8, 4) is 0 Å². The number of anilines is 1. The first-order chi connectivity index (χ1) is 12.5. The van der Waals surface area contributed by atoms with Crippen LogP contribution in [0.15, 0.2) is 57.8 Å². The van der Waals surface area contributed by atoms with Gasteiger partial charge in [0.05, 0.1) is 47.9 Å². The van der Waals surface area contributed by atoms with Gasteiger partial charge in [-0.05, 0) is 42.8 Å². The molecule has 0 saturated carbocycles. The van der Waals surface area contributed by atoms with Crippen molar-refractivity contribution in [3.05, 3.63) is 76.1 Å². The van der Waals surface area contributed by atoms with Gasteiger partial charge < -0.3 is 14.2 Å². The first kappa shape index (κ1) is 18.6. The summed E-state index contributed by atoms with van der Waals surface area (Å²) in [5, 5.41) is 3.64. The molecule has 0 aliphatic carbocycles. The lowest BCUT2D eigenvalue weighted by Crippen LogP contribution is -2.32. The maximum atomic E-state index is 12.6. The highest BCUT2D eigenvalue weighted by atomic mass is 35.5. The first-order valence-electron chi connectivity index (χ1n) is 8.04. The van der Waals surface area contributed by atoms with Gasteiger partial charge in [-0.25, -0.2) is 0 Å². The normalized spacial score (nSPS) is 11.1. The number of furan rings is 2. The summed E-state index contributed by atoms with van der Waals surface area (Å²) < 4.78 is 10.8. The van der Waals surface area contributed by atoms with Gasteiger partial charge in [0.1, 0.15) is 11.5 Å². The van der Waals surface area contributed by atoms with Crippen LogP contribution >= 0.6 is 23.2 Å². The molecule has 0 aliphatic rings. The molecule has 0 spiro atoms. The second-order valence-electron chi connectivity index (χ2n) is 5.91. The van der Waals surface area contributed by atoms with Crippen molar-refractivity contribution in [1.82, 2.24) is 4.90 Å². The molecule has 1 N–H and O–H groups in total. The first-order valence-corrected chi connectivity index (χ1v) is 8.80. The Morgan fingerprint density at radius 1 is 1.04 bits per heavy atom. The molecule has 0 saturated heterocycles. The Kier molecular flexibility index (Phi) is 6.04. The van der Waals surface area contributed by atoms with Gasteiger partial charge in [0.15, 0.2) is 0 Å². The topological polar surface area (TPSA) is 58.6 Å². The van der Waals surface area contributed by atoms with Crippen molar-refractivity contribution < 1.29 is 13.6 Å². The lowest BCUT2D eigenvalue weighted by molar-refractivity contribution is -0.117. The molecule has 0 fully saturated rings. The fraction of sp³-hybridized carbons (Fsp3) is 0.211. The van der Waals surface area contributed by atoms with Crippen LogP contribution in [0.1, 0.15) is 17.1 Å². The van der Waals surface area contributed by atoms with E-state index in [0.717, 1.165) is 17.1 Å². The average molecular weight is 393 g/mol. The monoisotopic (exact) mass is 392 g/mol. The van der Waals surface area contributed by atoms with Crippen LogP contribution in [0.25, 0.3) is 0 Å². The molecule has 26 heavy (non-hydrogen) atoms. The van der Waals surface area contributed by atoms with E-state index in [9.17, 15) is 4.79 Å². The molecule has 1 amide bonds. The minimum Gasteiger partial charge on any atom is -0.468 e. The summed E-state index contributed by atoms with van der Waals surface area (Å²) in [6.07, 6.45) is 3.21. The number of aryl methyl sites for hydroxylation is 1. The Hall–Kier alpha value is -2.21. The largest absolute Gasteiger partial charge is 0.468 e. The van der Waals surface area contributed by atoms with Gasteiger partial charge in [-0.2, -0.15) is 0 Å². The van der Waals surface area contributed by atoms with Crippen molar-refractivity contribution in [3.63, 3.8) is 0 Å². The van der Waals surface area contributed by atoms with Gasteiger partial charge in [0, 0.05) is 0 Å². The summed E-state index contributed by atoms with van der Waals surface area (Å²) in [6.45, 7) is 2.92. The molecule has 0 radical (unpaired) electrons. The Morgan fingerprint density at radius 2 is 1.65 bits per heavy atom. The van der Waals surface area contributed by atoms with Crippen molar-refractivity contribution in [2.45, 2.75) is 20.0 Å². The SMILES string of the molecule is Cc1ccc(Cl)c(NC(=O)CN(Cc2ccco2)Cc2ccco2)c1Cl. The number of hydrogen-bond acceptors (Lipinski definition) is 4. The third kappa shape index (κ3) is 4.69. The van der Waals surface area contributed by atoms with Crippen molar-refractivity contribution in [2.75, 3.05) is 11.9 Å². The lowest BCUT2D eigenvalue weighted by atomic mass is 10.2. The van der Waals surface area contributed by atoms with Crippen molar-refractivity contribution in [2.24, 2.45) is 0 Å². The number of carbonyl (C=O) groups excluding carboxylic acids is 1. The van der Waals surface area contributed by atoms with E-state index in [0.29, 0.717) is 28.8 Å². The molecule has 0 unspecified atom stereocenters. The van der Waals surface area contributed by atoms with Gasteiger partial charge >= 0.3 is 0 Å². The highest BCUT2D eigenvalue weighted by Gasteiger charge is 2.17. The third-order valence-corrected chi connectivity index (χ3v) is 4.64. The Morgan fingerprint density at radius 3 is 2.19 bits per heavy atom. The van der Waals surface area contributed by atoms with E-state index >= 15 is 0 Å². The van der Waals surface area contributed by atoms with Gasteiger partial charge in [0.2, 0.25) is 5.91 Å². The van der Waals surface area contributed by atoms with Crippen LogP contribution in [0.2, 0.25) is 10.0 Å². The quantitative estimate of drug-likeness (QED) is 0.605. The number of rotatable bonds is 7. The third-order valence-electron chi connectivity index (χ3n) is 3.83. The molecule has 2 heterocycles. The van der Waals surface area contributed by atoms with Gasteiger partial charge in [-0.3, -0.25) is 9.69 Å². The fourth-order valence-electron chi connectivity index (χ4n) is 2.57. The van der Waals surface area contributed by atoms with E-state index in [1.54, 1.807) is 24.7 Å². The van der Waals surface area contributed by atoms with Crippen LogP contribution in [0.4, 0.5) is 5.69 Å². The summed E-state index contributed by atoms with van der Waals surface area (Å²) >= 11 is 12.4. The van der Waals surface area contributed by atoms with Crippen LogP contribution < -0.4 is 5.32 Å². The zero-order valence-electron chi connectivity index (χ0n) is 14.2. The highest BCUT2D eigenvalue weighted by Crippen LogP contribution is 2.32. The summed E-state index contributed by atoms with van der Waals surface area (Å²) in [6, 6.07) is 10.9. The van der Waals surface area contributed by atoms with E-state index in [-0.39, 0.29) is 12.5 Å². The molecule has 3 aromatic rings. The van der Waals surface area contributed by atoms with E-state index in [1.165, 1.54) is 0 Å².